The van der Waals surface area contributed by atoms with Crippen molar-refractivity contribution < 1.29 is 0 Å². The zero-order chi connectivity index (χ0) is 9.52. The minimum absolute atomic E-state index is 0.658. The van der Waals surface area contributed by atoms with Crippen molar-refractivity contribution >= 4 is 34.5 Å². The number of thioether (sulfide) groups is 1. The van der Waals surface area contributed by atoms with E-state index in [9.17, 15) is 0 Å². The van der Waals surface area contributed by atoms with Crippen LogP contribution in [0, 0.1) is 0 Å². The molecule has 0 spiro atoms. The molecule has 1 aromatic heterocycles. The first-order valence-corrected chi connectivity index (χ1v) is 5.23. The van der Waals surface area contributed by atoms with Crippen molar-refractivity contribution in [2.75, 3.05) is 6.26 Å². The maximum Gasteiger partial charge on any atom is 0.153 e. The Hall–Kier alpha value is -0.940. The van der Waals surface area contributed by atoms with Crippen LogP contribution in [0.1, 0.15) is 5.56 Å². The van der Waals surface area contributed by atoms with Gasteiger partial charge in [0.1, 0.15) is 0 Å². The highest BCUT2D eigenvalue weighted by Gasteiger charge is 1.87. The first kappa shape index (κ1) is 10.1. The summed E-state index contributed by atoms with van der Waals surface area (Å²) in [5.74, 6) is 0. The summed E-state index contributed by atoms with van der Waals surface area (Å²) in [6, 6.07) is 3.74. The Morgan fingerprint density at radius 1 is 1.62 bits per heavy atom. The number of hydrogen-bond donors (Lipinski definition) is 1. The van der Waals surface area contributed by atoms with E-state index >= 15 is 0 Å². The van der Waals surface area contributed by atoms with E-state index in [0.29, 0.717) is 4.32 Å². The lowest BCUT2D eigenvalue weighted by Crippen LogP contribution is -2.10. The van der Waals surface area contributed by atoms with Gasteiger partial charge in [-0.05, 0) is 24.0 Å². The van der Waals surface area contributed by atoms with Gasteiger partial charge in [0.25, 0.3) is 0 Å². The standard InChI is InChI=1S/C8H9N3S2/c1-13-8(12)11-10-6-7-2-4-9-5-3-7/h2-6H,1H3,(H,11,12)/b10-6+. The minimum atomic E-state index is 0.658. The maximum atomic E-state index is 4.90. The number of thiocarbonyl (C=S) groups is 1. The summed E-state index contributed by atoms with van der Waals surface area (Å²) in [4.78, 5) is 3.89. The molecule has 0 atom stereocenters. The molecule has 0 aliphatic rings. The molecule has 0 bridgehead atoms. The van der Waals surface area contributed by atoms with E-state index in [0.717, 1.165) is 5.56 Å². The molecule has 68 valence electrons. The zero-order valence-corrected chi connectivity index (χ0v) is 8.73. The molecule has 5 heteroatoms. The van der Waals surface area contributed by atoms with Crippen LogP contribution in [-0.2, 0) is 0 Å². The fourth-order valence-electron chi connectivity index (χ4n) is 0.655. The Morgan fingerprint density at radius 3 is 2.92 bits per heavy atom. The van der Waals surface area contributed by atoms with Crippen LogP contribution in [-0.4, -0.2) is 21.8 Å². The van der Waals surface area contributed by atoms with Gasteiger partial charge in [-0.15, -0.1) is 0 Å². The summed E-state index contributed by atoms with van der Waals surface area (Å²) in [6.45, 7) is 0. The van der Waals surface area contributed by atoms with Crippen molar-refractivity contribution in [3.8, 4) is 0 Å². The van der Waals surface area contributed by atoms with E-state index in [-0.39, 0.29) is 0 Å². The Morgan fingerprint density at radius 2 is 2.31 bits per heavy atom. The average molecular weight is 211 g/mol. The van der Waals surface area contributed by atoms with E-state index in [1.807, 2.05) is 18.4 Å². The van der Waals surface area contributed by atoms with Crippen LogP contribution in [0.15, 0.2) is 29.6 Å². The fourth-order valence-corrected chi connectivity index (χ4v) is 0.851. The fraction of sp³-hybridized carbons (Fsp3) is 0.125. The molecule has 0 saturated carbocycles. The van der Waals surface area contributed by atoms with Gasteiger partial charge in [-0.25, -0.2) is 0 Å². The first-order chi connectivity index (χ1) is 6.33. The average Bonchev–Trinajstić information content (AvgIpc) is 2.19. The van der Waals surface area contributed by atoms with Crippen LogP contribution < -0.4 is 5.43 Å². The molecule has 0 radical (unpaired) electrons. The van der Waals surface area contributed by atoms with Crippen LogP contribution in [0.5, 0.6) is 0 Å². The minimum Gasteiger partial charge on any atom is -0.265 e. The molecule has 0 saturated heterocycles. The van der Waals surface area contributed by atoms with Crippen molar-refractivity contribution in [2.24, 2.45) is 5.10 Å². The second kappa shape index (κ2) is 5.66. The number of nitrogens with one attached hydrogen (secondary N) is 1. The largest absolute Gasteiger partial charge is 0.265 e. The third kappa shape index (κ3) is 4.00. The normalized spacial score (nSPS) is 10.2. The predicted molar refractivity (Wildman–Crippen MR) is 61.1 cm³/mol. The Balaban J connectivity index is 2.45. The van der Waals surface area contributed by atoms with Gasteiger partial charge in [0.2, 0.25) is 0 Å². The van der Waals surface area contributed by atoms with E-state index in [1.165, 1.54) is 11.8 Å². The summed E-state index contributed by atoms with van der Waals surface area (Å²) in [5, 5.41) is 3.95. The highest BCUT2D eigenvalue weighted by molar-refractivity contribution is 8.22. The van der Waals surface area contributed by atoms with Crippen LogP contribution in [0.3, 0.4) is 0 Å². The van der Waals surface area contributed by atoms with Gasteiger partial charge in [-0.1, -0.05) is 24.0 Å². The highest BCUT2D eigenvalue weighted by atomic mass is 32.2. The molecule has 0 aliphatic heterocycles. The lowest BCUT2D eigenvalue weighted by Gasteiger charge is -1.96. The van der Waals surface area contributed by atoms with Crippen molar-refractivity contribution in [3.63, 3.8) is 0 Å². The smallest absolute Gasteiger partial charge is 0.153 e. The van der Waals surface area contributed by atoms with E-state index in [4.69, 9.17) is 12.2 Å². The van der Waals surface area contributed by atoms with Crippen LogP contribution in [0.25, 0.3) is 0 Å². The summed E-state index contributed by atoms with van der Waals surface area (Å²) >= 11 is 6.35. The van der Waals surface area contributed by atoms with Gasteiger partial charge >= 0.3 is 0 Å². The molecular formula is C8H9N3S2. The number of pyridine rings is 1. The van der Waals surface area contributed by atoms with E-state index < -0.39 is 0 Å². The molecule has 0 aliphatic carbocycles. The van der Waals surface area contributed by atoms with Crippen LogP contribution in [0.2, 0.25) is 0 Å². The molecular weight excluding hydrogens is 202 g/mol. The Kier molecular flexibility index (Phi) is 4.42. The number of rotatable bonds is 2. The third-order valence-corrected chi connectivity index (χ3v) is 2.31. The second-order valence-electron chi connectivity index (χ2n) is 2.14. The molecule has 0 unspecified atom stereocenters. The van der Waals surface area contributed by atoms with Crippen molar-refractivity contribution in [1.82, 2.24) is 10.4 Å². The van der Waals surface area contributed by atoms with Crippen molar-refractivity contribution in [1.29, 1.82) is 0 Å². The summed E-state index contributed by atoms with van der Waals surface area (Å²) in [6.07, 6.45) is 7.03. The SMILES string of the molecule is CSC(=S)N/N=C/c1ccncc1. The monoisotopic (exact) mass is 211 g/mol. The molecule has 1 N–H and O–H groups in total. The molecule has 1 rings (SSSR count). The molecule has 0 amide bonds. The molecule has 0 fully saturated rings. The van der Waals surface area contributed by atoms with Crippen molar-refractivity contribution in [2.45, 2.75) is 0 Å². The van der Waals surface area contributed by atoms with Gasteiger partial charge < -0.3 is 0 Å². The highest BCUT2D eigenvalue weighted by Crippen LogP contribution is 1.94. The number of aromatic nitrogens is 1. The molecule has 13 heavy (non-hydrogen) atoms. The molecule has 3 nitrogen and oxygen atoms in total. The predicted octanol–water partition coefficient (Wildman–Crippen LogP) is 1.65. The molecule has 1 aromatic rings. The zero-order valence-electron chi connectivity index (χ0n) is 7.10. The lowest BCUT2D eigenvalue weighted by molar-refractivity contribution is 1.07. The van der Waals surface area contributed by atoms with E-state index in [2.05, 4.69) is 15.5 Å². The van der Waals surface area contributed by atoms with Gasteiger partial charge in [-0.2, -0.15) is 5.10 Å². The lowest BCUT2D eigenvalue weighted by atomic mass is 10.3. The topological polar surface area (TPSA) is 37.3 Å². The molecule has 1 heterocycles. The first-order valence-electron chi connectivity index (χ1n) is 3.60. The second-order valence-corrected chi connectivity index (χ2v) is 3.63. The summed E-state index contributed by atoms with van der Waals surface area (Å²) < 4.78 is 0.658. The quantitative estimate of drug-likeness (QED) is 0.458. The van der Waals surface area contributed by atoms with Crippen LogP contribution >= 0.6 is 24.0 Å². The van der Waals surface area contributed by atoms with Gasteiger partial charge in [0.15, 0.2) is 4.32 Å². The third-order valence-electron chi connectivity index (χ3n) is 1.26. The summed E-state index contributed by atoms with van der Waals surface area (Å²) in [5.41, 5.74) is 3.72. The van der Waals surface area contributed by atoms with Gasteiger partial charge in [0, 0.05) is 12.4 Å². The summed E-state index contributed by atoms with van der Waals surface area (Å²) in [7, 11) is 0. The van der Waals surface area contributed by atoms with Crippen molar-refractivity contribution in [3.05, 3.63) is 30.1 Å². The van der Waals surface area contributed by atoms with Gasteiger partial charge in [0.05, 0.1) is 6.21 Å². The Bertz CT molecular complexity index is 298. The van der Waals surface area contributed by atoms with Gasteiger partial charge in [-0.3, -0.25) is 10.4 Å². The number of nitrogens with zero attached hydrogens (tertiary/aromatic N) is 2. The Labute approximate surface area is 86.6 Å². The molecule has 0 aromatic carbocycles. The number of hydrogen-bond acceptors (Lipinski definition) is 4. The van der Waals surface area contributed by atoms with E-state index in [1.54, 1.807) is 18.6 Å². The maximum absolute atomic E-state index is 4.90. The van der Waals surface area contributed by atoms with Crippen LogP contribution in [0.4, 0.5) is 0 Å². The number of hydrazone groups is 1.